The summed E-state index contributed by atoms with van der Waals surface area (Å²) < 4.78 is 5.28. The zero-order valence-corrected chi connectivity index (χ0v) is 8.47. The summed E-state index contributed by atoms with van der Waals surface area (Å²) in [5, 5.41) is 10.4. The molecule has 13 heavy (non-hydrogen) atoms. The van der Waals surface area contributed by atoms with Crippen LogP contribution in [0, 0.1) is 10.8 Å². The molecule has 3 N–H and O–H groups in total. The minimum Gasteiger partial charge on any atom is -0.387 e. The van der Waals surface area contributed by atoms with Crippen LogP contribution in [-0.2, 0) is 4.74 Å². The molecule has 2 fully saturated rings. The Bertz CT molecular complexity index is 221. The second-order valence-electron chi connectivity index (χ2n) is 5.18. The maximum Gasteiger partial charge on any atom is 0.0975 e. The second-order valence-corrected chi connectivity index (χ2v) is 5.18. The van der Waals surface area contributed by atoms with Gasteiger partial charge in [-0.2, -0.15) is 0 Å². The molecule has 1 saturated heterocycles. The Hall–Kier alpha value is -0.120. The van der Waals surface area contributed by atoms with Crippen molar-refractivity contribution in [3.8, 4) is 0 Å². The van der Waals surface area contributed by atoms with E-state index in [9.17, 15) is 5.11 Å². The smallest absolute Gasteiger partial charge is 0.0975 e. The van der Waals surface area contributed by atoms with Gasteiger partial charge in [-0.1, -0.05) is 13.8 Å². The Balaban J connectivity index is 2.23. The van der Waals surface area contributed by atoms with Gasteiger partial charge in [0.15, 0.2) is 0 Å². The minimum absolute atomic E-state index is 0.0868. The van der Waals surface area contributed by atoms with Gasteiger partial charge in [0.05, 0.1) is 12.2 Å². The van der Waals surface area contributed by atoms with Crippen LogP contribution in [0.3, 0.4) is 0 Å². The summed E-state index contributed by atoms with van der Waals surface area (Å²) in [4.78, 5) is 0. The Kier molecular flexibility index (Phi) is 1.79. The summed E-state index contributed by atoms with van der Waals surface area (Å²) in [6.07, 6.45) is 1.77. The van der Waals surface area contributed by atoms with Gasteiger partial charge in [-0.25, -0.2) is 0 Å². The minimum atomic E-state index is -0.661. The molecule has 2 unspecified atom stereocenters. The van der Waals surface area contributed by atoms with E-state index in [1.54, 1.807) is 0 Å². The normalized spacial score (nSPS) is 48.0. The van der Waals surface area contributed by atoms with E-state index in [1.165, 1.54) is 0 Å². The quantitative estimate of drug-likeness (QED) is 0.659. The molecule has 1 heterocycles. The van der Waals surface area contributed by atoms with Crippen LogP contribution >= 0.6 is 0 Å². The van der Waals surface area contributed by atoms with Crippen LogP contribution in [0.4, 0.5) is 0 Å². The molecule has 0 spiro atoms. The lowest BCUT2D eigenvalue weighted by Crippen LogP contribution is -2.47. The molecule has 0 radical (unpaired) electrons. The van der Waals surface area contributed by atoms with Gasteiger partial charge in [0, 0.05) is 25.0 Å². The molecular weight excluding hydrogens is 166 g/mol. The van der Waals surface area contributed by atoms with Gasteiger partial charge in [-0.3, -0.25) is 0 Å². The van der Waals surface area contributed by atoms with Crippen molar-refractivity contribution >= 4 is 0 Å². The van der Waals surface area contributed by atoms with E-state index in [0.29, 0.717) is 19.8 Å². The Morgan fingerprint density at radius 1 is 1.46 bits per heavy atom. The van der Waals surface area contributed by atoms with E-state index in [4.69, 9.17) is 10.5 Å². The second kappa shape index (κ2) is 2.47. The number of ether oxygens (including phenoxy) is 1. The average molecular weight is 185 g/mol. The van der Waals surface area contributed by atoms with Crippen molar-refractivity contribution in [3.05, 3.63) is 0 Å². The highest BCUT2D eigenvalue weighted by Gasteiger charge is 2.70. The van der Waals surface area contributed by atoms with E-state index in [1.807, 2.05) is 0 Å². The van der Waals surface area contributed by atoms with Crippen LogP contribution in [0.15, 0.2) is 0 Å². The molecule has 2 rings (SSSR count). The summed E-state index contributed by atoms with van der Waals surface area (Å²) in [7, 11) is 0. The van der Waals surface area contributed by atoms with Crippen LogP contribution in [0.25, 0.3) is 0 Å². The van der Waals surface area contributed by atoms with E-state index in [-0.39, 0.29) is 10.8 Å². The molecule has 0 aromatic heterocycles. The molecule has 3 heteroatoms. The van der Waals surface area contributed by atoms with Gasteiger partial charge in [0.1, 0.15) is 0 Å². The number of rotatable bonds is 2. The lowest BCUT2D eigenvalue weighted by molar-refractivity contribution is -0.0490. The number of nitrogens with two attached hydrogens (primary N) is 1. The third-order valence-electron chi connectivity index (χ3n) is 4.15. The maximum absolute atomic E-state index is 10.4. The first-order valence-corrected chi connectivity index (χ1v) is 4.98. The van der Waals surface area contributed by atoms with Crippen molar-refractivity contribution in [1.29, 1.82) is 0 Å². The molecule has 2 atom stereocenters. The Labute approximate surface area is 79.3 Å². The fourth-order valence-electron chi connectivity index (χ4n) is 2.97. The van der Waals surface area contributed by atoms with Gasteiger partial charge in [-0.05, 0) is 11.8 Å². The van der Waals surface area contributed by atoms with Crippen LogP contribution in [0.5, 0.6) is 0 Å². The van der Waals surface area contributed by atoms with Gasteiger partial charge in [0.25, 0.3) is 0 Å². The molecular formula is C10H19NO2. The standard InChI is InChI=1S/C10H19NO2/c1-8(2)5-9(8,6-11)10(12)3-4-13-7-10/h12H,3-7,11H2,1-2H3. The first-order chi connectivity index (χ1) is 5.97. The molecule has 0 bridgehead atoms. The van der Waals surface area contributed by atoms with E-state index in [0.717, 1.165) is 12.8 Å². The highest BCUT2D eigenvalue weighted by atomic mass is 16.5. The summed E-state index contributed by atoms with van der Waals surface area (Å²) in [6, 6.07) is 0. The Morgan fingerprint density at radius 3 is 2.38 bits per heavy atom. The molecule has 1 aliphatic heterocycles. The van der Waals surface area contributed by atoms with Crippen LogP contribution < -0.4 is 5.73 Å². The average Bonchev–Trinajstić information content (AvgIpc) is 2.44. The third-order valence-corrected chi connectivity index (χ3v) is 4.15. The lowest BCUT2D eigenvalue weighted by atomic mass is 9.78. The summed E-state index contributed by atoms with van der Waals surface area (Å²) in [6.45, 7) is 6.06. The van der Waals surface area contributed by atoms with Gasteiger partial charge >= 0.3 is 0 Å². The van der Waals surface area contributed by atoms with Crippen LogP contribution in [0.1, 0.15) is 26.7 Å². The lowest BCUT2D eigenvalue weighted by Gasteiger charge is -2.33. The fourth-order valence-corrected chi connectivity index (χ4v) is 2.97. The summed E-state index contributed by atoms with van der Waals surface area (Å²) >= 11 is 0. The largest absolute Gasteiger partial charge is 0.387 e. The van der Waals surface area contributed by atoms with Crippen molar-refractivity contribution in [3.63, 3.8) is 0 Å². The highest BCUT2D eigenvalue weighted by molar-refractivity contribution is 5.20. The zero-order valence-electron chi connectivity index (χ0n) is 8.47. The van der Waals surface area contributed by atoms with Crippen molar-refractivity contribution in [2.75, 3.05) is 19.8 Å². The Morgan fingerprint density at radius 2 is 2.08 bits per heavy atom. The van der Waals surface area contributed by atoms with Crippen molar-refractivity contribution in [2.24, 2.45) is 16.6 Å². The summed E-state index contributed by atoms with van der Waals surface area (Å²) in [5.74, 6) is 0. The van der Waals surface area contributed by atoms with Crippen LogP contribution in [0.2, 0.25) is 0 Å². The predicted octanol–water partition coefficient (Wildman–Crippen LogP) is 0.513. The monoisotopic (exact) mass is 185 g/mol. The molecule has 76 valence electrons. The van der Waals surface area contributed by atoms with Crippen LogP contribution in [-0.4, -0.2) is 30.5 Å². The third kappa shape index (κ3) is 1.01. The molecule has 3 nitrogen and oxygen atoms in total. The van der Waals surface area contributed by atoms with E-state index in [2.05, 4.69) is 13.8 Å². The molecule has 0 aromatic carbocycles. The van der Waals surface area contributed by atoms with Crippen molar-refractivity contribution in [2.45, 2.75) is 32.3 Å². The number of hydrogen-bond donors (Lipinski definition) is 2. The first-order valence-electron chi connectivity index (χ1n) is 4.98. The van der Waals surface area contributed by atoms with Gasteiger partial charge < -0.3 is 15.6 Å². The van der Waals surface area contributed by atoms with Gasteiger partial charge in [-0.15, -0.1) is 0 Å². The molecule has 1 aliphatic carbocycles. The number of aliphatic hydroxyl groups is 1. The SMILES string of the molecule is CC1(C)CC1(CN)C1(O)CCOC1. The molecule has 0 amide bonds. The van der Waals surface area contributed by atoms with Crippen molar-refractivity contribution in [1.82, 2.24) is 0 Å². The predicted molar refractivity (Wildman–Crippen MR) is 50.3 cm³/mol. The van der Waals surface area contributed by atoms with Gasteiger partial charge in [0.2, 0.25) is 0 Å². The number of hydrogen-bond acceptors (Lipinski definition) is 3. The highest BCUT2D eigenvalue weighted by Crippen LogP contribution is 2.69. The molecule has 2 aliphatic rings. The fraction of sp³-hybridized carbons (Fsp3) is 1.00. The van der Waals surface area contributed by atoms with Crippen molar-refractivity contribution < 1.29 is 9.84 Å². The van der Waals surface area contributed by atoms with E-state index >= 15 is 0 Å². The topological polar surface area (TPSA) is 55.5 Å². The molecule has 0 aromatic rings. The zero-order chi connectivity index (χ0) is 9.74. The first kappa shape index (κ1) is 9.44. The molecule has 1 saturated carbocycles. The maximum atomic E-state index is 10.4. The van der Waals surface area contributed by atoms with E-state index < -0.39 is 5.60 Å². The summed E-state index contributed by atoms with van der Waals surface area (Å²) in [5.41, 5.74) is 5.23.